The molecule has 1 amide bonds. The van der Waals surface area contributed by atoms with Crippen molar-refractivity contribution in [3.8, 4) is 0 Å². The number of amides is 1. The van der Waals surface area contributed by atoms with Gasteiger partial charge in [0, 0.05) is 19.6 Å². The number of aromatic nitrogens is 2. The van der Waals surface area contributed by atoms with Gasteiger partial charge in [-0.25, -0.2) is 4.39 Å². The summed E-state index contributed by atoms with van der Waals surface area (Å²) in [4.78, 5) is 19.0. The molecule has 0 radical (unpaired) electrons. The van der Waals surface area contributed by atoms with Crippen LogP contribution in [0.25, 0.3) is 0 Å². The maximum absolute atomic E-state index is 13.0. The van der Waals surface area contributed by atoms with E-state index in [2.05, 4.69) is 10.1 Å². The van der Waals surface area contributed by atoms with Gasteiger partial charge in [-0.3, -0.25) is 4.79 Å². The molecule has 2 aromatic rings. The second kappa shape index (κ2) is 6.92. The SMILES string of the molecule is O=C([C@@H]1CCOC1)N1CCC[C@H]1c1nc(Cc2ccc(F)cc2)no1. The van der Waals surface area contributed by atoms with Gasteiger partial charge in [0.05, 0.1) is 12.5 Å². The Kier molecular flexibility index (Phi) is 4.48. The second-order valence-electron chi connectivity index (χ2n) is 6.60. The molecule has 0 unspecified atom stereocenters. The Labute approximate surface area is 145 Å². The van der Waals surface area contributed by atoms with Crippen molar-refractivity contribution in [2.45, 2.75) is 31.7 Å². The molecule has 132 valence electrons. The third-order valence-corrected chi connectivity index (χ3v) is 4.86. The average molecular weight is 345 g/mol. The minimum absolute atomic E-state index is 0.0535. The highest BCUT2D eigenvalue weighted by Gasteiger charge is 2.38. The highest BCUT2D eigenvalue weighted by atomic mass is 19.1. The summed E-state index contributed by atoms with van der Waals surface area (Å²) < 4.78 is 23.7. The zero-order chi connectivity index (χ0) is 17.2. The third kappa shape index (κ3) is 3.42. The number of benzene rings is 1. The fourth-order valence-electron chi connectivity index (χ4n) is 3.51. The Morgan fingerprint density at radius 3 is 2.88 bits per heavy atom. The summed E-state index contributed by atoms with van der Waals surface area (Å²) in [6, 6.07) is 6.09. The van der Waals surface area contributed by atoms with Crippen LogP contribution in [0.3, 0.4) is 0 Å². The van der Waals surface area contributed by atoms with Gasteiger partial charge in [-0.2, -0.15) is 4.98 Å². The number of halogens is 1. The van der Waals surface area contributed by atoms with Crippen molar-refractivity contribution in [2.24, 2.45) is 5.92 Å². The predicted octanol–water partition coefficient (Wildman–Crippen LogP) is 2.50. The number of hydrogen-bond acceptors (Lipinski definition) is 5. The van der Waals surface area contributed by atoms with Crippen molar-refractivity contribution in [3.63, 3.8) is 0 Å². The molecule has 4 rings (SSSR count). The van der Waals surface area contributed by atoms with E-state index in [1.54, 1.807) is 12.1 Å². The number of likely N-dealkylation sites (tertiary alicyclic amines) is 1. The van der Waals surface area contributed by atoms with Crippen LogP contribution in [0.4, 0.5) is 4.39 Å². The van der Waals surface area contributed by atoms with Gasteiger partial charge in [0.1, 0.15) is 11.9 Å². The van der Waals surface area contributed by atoms with Crippen LogP contribution in [-0.4, -0.2) is 40.7 Å². The third-order valence-electron chi connectivity index (χ3n) is 4.86. The van der Waals surface area contributed by atoms with Gasteiger partial charge in [0.15, 0.2) is 5.82 Å². The van der Waals surface area contributed by atoms with Gasteiger partial charge < -0.3 is 14.2 Å². The zero-order valence-corrected chi connectivity index (χ0v) is 13.9. The first-order valence-electron chi connectivity index (χ1n) is 8.66. The first-order valence-corrected chi connectivity index (χ1v) is 8.66. The molecule has 25 heavy (non-hydrogen) atoms. The van der Waals surface area contributed by atoms with Crippen molar-refractivity contribution in [1.29, 1.82) is 0 Å². The van der Waals surface area contributed by atoms with Gasteiger partial charge >= 0.3 is 0 Å². The number of hydrogen-bond donors (Lipinski definition) is 0. The molecule has 0 saturated carbocycles. The lowest BCUT2D eigenvalue weighted by atomic mass is 10.1. The Morgan fingerprint density at radius 2 is 2.12 bits per heavy atom. The predicted molar refractivity (Wildman–Crippen MR) is 86.1 cm³/mol. The van der Waals surface area contributed by atoms with Crippen LogP contribution >= 0.6 is 0 Å². The maximum atomic E-state index is 13.0. The number of rotatable bonds is 4. The zero-order valence-electron chi connectivity index (χ0n) is 13.9. The molecule has 2 atom stereocenters. The van der Waals surface area contributed by atoms with Crippen LogP contribution in [-0.2, 0) is 16.0 Å². The molecule has 0 bridgehead atoms. The first-order chi connectivity index (χ1) is 12.2. The number of ether oxygens (including phenoxy) is 1. The van der Waals surface area contributed by atoms with Gasteiger partial charge in [-0.1, -0.05) is 17.3 Å². The van der Waals surface area contributed by atoms with Crippen molar-refractivity contribution in [3.05, 3.63) is 47.4 Å². The van der Waals surface area contributed by atoms with Gasteiger partial charge in [-0.15, -0.1) is 0 Å². The molecule has 2 fully saturated rings. The van der Waals surface area contributed by atoms with Crippen molar-refractivity contribution in [2.75, 3.05) is 19.8 Å². The molecule has 3 heterocycles. The summed E-state index contributed by atoms with van der Waals surface area (Å²) in [6.45, 7) is 1.87. The molecule has 0 aliphatic carbocycles. The molecule has 1 aromatic carbocycles. The molecule has 0 N–H and O–H groups in total. The summed E-state index contributed by atoms with van der Waals surface area (Å²) in [5.74, 6) is 0.834. The monoisotopic (exact) mass is 345 g/mol. The minimum atomic E-state index is -0.270. The Hall–Kier alpha value is -2.28. The van der Waals surface area contributed by atoms with E-state index < -0.39 is 0 Å². The van der Waals surface area contributed by atoms with E-state index in [1.807, 2.05) is 4.90 Å². The fraction of sp³-hybridized carbons (Fsp3) is 0.500. The van der Waals surface area contributed by atoms with Crippen LogP contribution < -0.4 is 0 Å². The van der Waals surface area contributed by atoms with Crippen LogP contribution in [0.15, 0.2) is 28.8 Å². The summed E-state index contributed by atoms with van der Waals surface area (Å²) in [7, 11) is 0. The largest absolute Gasteiger partial charge is 0.381 e. The van der Waals surface area contributed by atoms with E-state index in [1.165, 1.54) is 12.1 Å². The molecular formula is C18H20FN3O3. The summed E-state index contributed by atoms with van der Waals surface area (Å²) in [5, 5.41) is 4.03. The lowest BCUT2D eigenvalue weighted by Gasteiger charge is -2.24. The van der Waals surface area contributed by atoms with Gasteiger partial charge in [0.2, 0.25) is 11.8 Å². The van der Waals surface area contributed by atoms with Gasteiger partial charge in [0.25, 0.3) is 0 Å². The van der Waals surface area contributed by atoms with Crippen molar-refractivity contribution >= 4 is 5.91 Å². The smallest absolute Gasteiger partial charge is 0.249 e. The Bertz CT molecular complexity index is 740. The fourth-order valence-corrected chi connectivity index (χ4v) is 3.51. The standard InChI is InChI=1S/C18H20FN3O3/c19-14-5-3-12(4-6-14)10-16-20-17(25-21-16)15-2-1-8-22(15)18(23)13-7-9-24-11-13/h3-6,13,15H,1-2,7-11H2/t13-,15+/m1/s1. The van der Waals surface area contributed by atoms with Crippen LogP contribution in [0.5, 0.6) is 0 Å². The number of carbonyl (C=O) groups is 1. The highest BCUT2D eigenvalue weighted by molar-refractivity contribution is 5.79. The average Bonchev–Trinajstić information content (AvgIpc) is 3.37. The lowest BCUT2D eigenvalue weighted by molar-refractivity contribution is -0.136. The highest BCUT2D eigenvalue weighted by Crippen LogP contribution is 2.33. The molecule has 2 saturated heterocycles. The minimum Gasteiger partial charge on any atom is -0.381 e. The van der Waals surface area contributed by atoms with Crippen molar-refractivity contribution in [1.82, 2.24) is 15.0 Å². The second-order valence-corrected chi connectivity index (χ2v) is 6.60. The number of carbonyl (C=O) groups excluding carboxylic acids is 1. The van der Waals surface area contributed by atoms with Crippen LogP contribution in [0.2, 0.25) is 0 Å². The normalized spacial score (nSPS) is 23.3. The van der Waals surface area contributed by atoms with Gasteiger partial charge in [-0.05, 0) is 37.0 Å². The lowest BCUT2D eigenvalue weighted by Crippen LogP contribution is -2.36. The van der Waals surface area contributed by atoms with E-state index in [0.717, 1.165) is 31.4 Å². The van der Waals surface area contributed by atoms with E-state index in [0.29, 0.717) is 31.3 Å². The van der Waals surface area contributed by atoms with E-state index in [9.17, 15) is 9.18 Å². The van der Waals surface area contributed by atoms with Crippen LogP contribution in [0, 0.1) is 11.7 Å². The summed E-state index contributed by atoms with van der Waals surface area (Å²) >= 11 is 0. The molecule has 2 aliphatic rings. The summed E-state index contributed by atoms with van der Waals surface area (Å²) in [5.41, 5.74) is 0.913. The Morgan fingerprint density at radius 1 is 1.28 bits per heavy atom. The molecule has 2 aliphatic heterocycles. The quantitative estimate of drug-likeness (QED) is 0.852. The molecule has 1 aromatic heterocycles. The molecular weight excluding hydrogens is 325 g/mol. The molecule has 0 spiro atoms. The van der Waals surface area contributed by atoms with E-state index in [-0.39, 0.29) is 23.7 Å². The maximum Gasteiger partial charge on any atom is 0.249 e. The van der Waals surface area contributed by atoms with Crippen molar-refractivity contribution < 1.29 is 18.4 Å². The Balaban J connectivity index is 1.46. The number of nitrogens with zero attached hydrogens (tertiary/aromatic N) is 3. The first kappa shape index (κ1) is 16.2. The molecule has 6 nitrogen and oxygen atoms in total. The topological polar surface area (TPSA) is 68.5 Å². The summed E-state index contributed by atoms with van der Waals surface area (Å²) in [6.07, 6.45) is 3.01. The molecule has 7 heteroatoms. The van der Waals surface area contributed by atoms with E-state index >= 15 is 0 Å². The van der Waals surface area contributed by atoms with Crippen LogP contribution in [0.1, 0.15) is 42.6 Å². The van der Waals surface area contributed by atoms with E-state index in [4.69, 9.17) is 9.26 Å².